The Hall–Kier alpha value is -1.38. The van der Waals surface area contributed by atoms with Gasteiger partial charge in [0.2, 0.25) is 0 Å². The maximum atomic E-state index is 6.10. The summed E-state index contributed by atoms with van der Waals surface area (Å²) in [7, 11) is 1.78. The first kappa shape index (κ1) is 22.9. The molecule has 1 aliphatic heterocycles. The first-order valence-corrected chi connectivity index (χ1v) is 9.76. The van der Waals surface area contributed by atoms with E-state index in [0.29, 0.717) is 17.6 Å². The van der Waals surface area contributed by atoms with Crippen LogP contribution in [-0.4, -0.2) is 31.1 Å². The highest BCUT2D eigenvalue weighted by Gasteiger charge is 2.27. The first-order chi connectivity index (χ1) is 13.2. The molecule has 1 aromatic carbocycles. The summed E-state index contributed by atoms with van der Waals surface area (Å²) in [6.07, 6.45) is 4.14. The van der Waals surface area contributed by atoms with Gasteiger partial charge in [-0.1, -0.05) is 47.5 Å². The topological polar surface area (TPSA) is 58.5 Å². The summed E-state index contributed by atoms with van der Waals surface area (Å²) >= 11 is 5.83. The van der Waals surface area contributed by atoms with Crippen molar-refractivity contribution >= 4 is 41.5 Å². The lowest BCUT2D eigenvalue weighted by Crippen LogP contribution is -2.41. The van der Waals surface area contributed by atoms with Gasteiger partial charge < -0.3 is 15.4 Å². The normalized spacial score (nSPS) is 19.6. The fourth-order valence-corrected chi connectivity index (χ4v) is 3.43. The number of halogens is 2. The van der Waals surface area contributed by atoms with E-state index in [1.165, 1.54) is 11.1 Å². The molecule has 0 saturated carbocycles. The zero-order valence-electron chi connectivity index (χ0n) is 16.3. The molecule has 2 aromatic rings. The fraction of sp³-hybridized carbons (Fsp3) is 0.429. The molecule has 2 N–H and O–H groups in total. The van der Waals surface area contributed by atoms with Crippen molar-refractivity contribution in [1.29, 1.82) is 0 Å². The molecule has 3 rings (SSSR count). The third-order valence-corrected chi connectivity index (χ3v) is 5.08. The van der Waals surface area contributed by atoms with Crippen molar-refractivity contribution in [2.24, 2.45) is 10.9 Å². The molecule has 2 atom stereocenters. The van der Waals surface area contributed by atoms with E-state index >= 15 is 0 Å². The van der Waals surface area contributed by atoms with Crippen LogP contribution in [0.1, 0.15) is 35.6 Å². The minimum Gasteiger partial charge on any atom is -0.373 e. The van der Waals surface area contributed by atoms with Crippen LogP contribution in [0.3, 0.4) is 0 Å². The van der Waals surface area contributed by atoms with E-state index < -0.39 is 0 Å². The molecule has 2 heterocycles. The van der Waals surface area contributed by atoms with Crippen LogP contribution in [0.25, 0.3) is 0 Å². The number of pyridine rings is 1. The highest BCUT2D eigenvalue weighted by Crippen LogP contribution is 2.33. The summed E-state index contributed by atoms with van der Waals surface area (Å²) in [6.45, 7) is 4.39. The van der Waals surface area contributed by atoms with Gasteiger partial charge in [0.05, 0.1) is 6.10 Å². The second kappa shape index (κ2) is 11.6. The lowest BCUT2D eigenvalue weighted by molar-refractivity contribution is -0.0265. The molecule has 7 heteroatoms. The van der Waals surface area contributed by atoms with Gasteiger partial charge in [-0.3, -0.25) is 4.99 Å². The van der Waals surface area contributed by atoms with Gasteiger partial charge in [-0.15, -0.1) is 24.0 Å². The Labute approximate surface area is 189 Å². The smallest absolute Gasteiger partial charge is 0.191 e. The molecule has 0 spiro atoms. The van der Waals surface area contributed by atoms with Gasteiger partial charge in [0.15, 0.2) is 5.96 Å². The number of nitrogens with one attached hydrogen (secondary N) is 2. The van der Waals surface area contributed by atoms with E-state index in [9.17, 15) is 0 Å². The van der Waals surface area contributed by atoms with Crippen LogP contribution in [-0.2, 0) is 11.3 Å². The molecule has 152 valence electrons. The zero-order chi connectivity index (χ0) is 19.1. The van der Waals surface area contributed by atoms with E-state index in [4.69, 9.17) is 16.3 Å². The van der Waals surface area contributed by atoms with Gasteiger partial charge >= 0.3 is 0 Å². The SMILES string of the molecule is CN=C(NCc1ccc(Cl)nc1)NCC1CCCOC1c1ccc(C)cc1.I. The Balaban J connectivity index is 0.00000280. The lowest BCUT2D eigenvalue weighted by Gasteiger charge is -2.32. The van der Waals surface area contributed by atoms with E-state index in [1.54, 1.807) is 19.3 Å². The van der Waals surface area contributed by atoms with Crippen LogP contribution in [0.5, 0.6) is 0 Å². The van der Waals surface area contributed by atoms with Crippen LogP contribution in [0, 0.1) is 12.8 Å². The molecule has 2 unspecified atom stereocenters. The monoisotopic (exact) mass is 514 g/mol. The van der Waals surface area contributed by atoms with Crippen molar-refractivity contribution < 1.29 is 4.74 Å². The Morgan fingerprint density at radius 2 is 2.00 bits per heavy atom. The number of rotatable bonds is 5. The average Bonchev–Trinajstić information content (AvgIpc) is 2.70. The van der Waals surface area contributed by atoms with Crippen molar-refractivity contribution in [3.63, 3.8) is 0 Å². The van der Waals surface area contributed by atoms with Crippen LogP contribution < -0.4 is 10.6 Å². The standard InChI is InChI=1S/C21H27ClN4O.HI/c1-15-5-8-17(9-6-15)20-18(4-3-11-27-20)14-26-21(23-2)25-13-16-7-10-19(22)24-12-16;/h5-10,12,18,20H,3-4,11,13-14H2,1-2H3,(H2,23,25,26);1H. The van der Waals surface area contributed by atoms with Crippen LogP contribution >= 0.6 is 35.6 Å². The number of hydrogen-bond acceptors (Lipinski definition) is 3. The summed E-state index contributed by atoms with van der Waals surface area (Å²) in [5.41, 5.74) is 3.58. The molecular weight excluding hydrogens is 487 g/mol. The molecule has 0 amide bonds. The van der Waals surface area contributed by atoms with Crippen molar-refractivity contribution in [3.05, 3.63) is 64.4 Å². The third kappa shape index (κ3) is 6.60. The third-order valence-electron chi connectivity index (χ3n) is 4.85. The van der Waals surface area contributed by atoms with Gasteiger partial charge in [0.1, 0.15) is 5.15 Å². The minimum absolute atomic E-state index is 0. The molecular formula is C21H28ClIN4O. The molecule has 28 heavy (non-hydrogen) atoms. The Morgan fingerprint density at radius 1 is 1.21 bits per heavy atom. The molecule has 0 aliphatic carbocycles. The highest BCUT2D eigenvalue weighted by atomic mass is 127. The van der Waals surface area contributed by atoms with Crippen molar-refractivity contribution in [2.75, 3.05) is 20.2 Å². The van der Waals surface area contributed by atoms with E-state index in [-0.39, 0.29) is 30.1 Å². The quantitative estimate of drug-likeness (QED) is 0.267. The number of aromatic nitrogens is 1. The van der Waals surface area contributed by atoms with Crippen LogP contribution in [0.4, 0.5) is 0 Å². The largest absolute Gasteiger partial charge is 0.373 e. The number of aliphatic imine (C=N–C) groups is 1. The summed E-state index contributed by atoms with van der Waals surface area (Å²) < 4.78 is 6.10. The van der Waals surface area contributed by atoms with E-state index in [0.717, 1.165) is 37.5 Å². The van der Waals surface area contributed by atoms with Gasteiger partial charge in [0.25, 0.3) is 0 Å². The predicted octanol–water partition coefficient (Wildman–Crippen LogP) is 4.49. The summed E-state index contributed by atoms with van der Waals surface area (Å²) in [5, 5.41) is 7.27. The van der Waals surface area contributed by atoms with Crippen molar-refractivity contribution in [3.8, 4) is 0 Å². The number of ether oxygens (including phenoxy) is 1. The number of aryl methyl sites for hydroxylation is 1. The molecule has 0 radical (unpaired) electrons. The molecule has 1 saturated heterocycles. The lowest BCUT2D eigenvalue weighted by atomic mass is 9.89. The number of benzene rings is 1. The maximum Gasteiger partial charge on any atom is 0.191 e. The van der Waals surface area contributed by atoms with Gasteiger partial charge in [-0.25, -0.2) is 4.98 Å². The van der Waals surface area contributed by atoms with Crippen molar-refractivity contribution in [1.82, 2.24) is 15.6 Å². The average molecular weight is 515 g/mol. The van der Waals surface area contributed by atoms with Crippen LogP contribution in [0.15, 0.2) is 47.6 Å². The van der Waals surface area contributed by atoms with Gasteiger partial charge in [0, 0.05) is 38.9 Å². The molecule has 1 fully saturated rings. The number of nitrogens with zero attached hydrogens (tertiary/aromatic N) is 2. The minimum atomic E-state index is 0. The Kier molecular flexibility index (Phi) is 9.47. The number of hydrogen-bond donors (Lipinski definition) is 2. The summed E-state index contributed by atoms with van der Waals surface area (Å²) in [6, 6.07) is 12.4. The Morgan fingerprint density at radius 3 is 2.68 bits per heavy atom. The van der Waals surface area contributed by atoms with Crippen LogP contribution in [0.2, 0.25) is 5.15 Å². The second-order valence-electron chi connectivity index (χ2n) is 6.90. The molecule has 1 aliphatic rings. The fourth-order valence-electron chi connectivity index (χ4n) is 3.32. The van der Waals surface area contributed by atoms with Crippen molar-refractivity contribution in [2.45, 2.75) is 32.4 Å². The zero-order valence-corrected chi connectivity index (χ0v) is 19.4. The summed E-state index contributed by atoms with van der Waals surface area (Å²) in [5.74, 6) is 1.19. The van der Waals surface area contributed by atoms with E-state index in [2.05, 4.69) is 51.8 Å². The number of guanidine groups is 1. The van der Waals surface area contributed by atoms with Gasteiger partial charge in [-0.05, 0) is 37.0 Å². The predicted molar refractivity (Wildman–Crippen MR) is 125 cm³/mol. The van der Waals surface area contributed by atoms with E-state index in [1.807, 2.05) is 6.07 Å². The highest BCUT2D eigenvalue weighted by molar-refractivity contribution is 14.0. The maximum absolute atomic E-state index is 6.10. The first-order valence-electron chi connectivity index (χ1n) is 9.39. The molecule has 5 nitrogen and oxygen atoms in total. The van der Waals surface area contributed by atoms with Gasteiger partial charge in [-0.2, -0.15) is 0 Å². The molecule has 1 aromatic heterocycles. The Bertz CT molecular complexity index is 752. The summed E-state index contributed by atoms with van der Waals surface area (Å²) in [4.78, 5) is 8.42. The molecule has 0 bridgehead atoms. The second-order valence-corrected chi connectivity index (χ2v) is 7.29.